The fourth-order valence-corrected chi connectivity index (χ4v) is 5.12. The maximum Gasteiger partial charge on any atom is 0.324 e. The van der Waals surface area contributed by atoms with Crippen molar-refractivity contribution in [1.82, 2.24) is 4.31 Å². The first kappa shape index (κ1) is 23.1. The Bertz CT molecular complexity index is 1070. The number of carbonyl (C=O) groups excluding carboxylic acids is 2. The molecule has 1 atom stereocenters. The SMILES string of the molecule is COc1ccc(C)cc1NC(=O)COC(=O)[C@@H]1CCCN1S(=O)(=O)c1ccc(Cl)cc1. The molecule has 1 aliphatic heterocycles. The lowest BCUT2D eigenvalue weighted by molar-refractivity contribution is -0.150. The number of methoxy groups -OCH3 is 1. The number of amides is 1. The summed E-state index contributed by atoms with van der Waals surface area (Å²) >= 11 is 5.83. The van der Waals surface area contributed by atoms with Gasteiger partial charge in [0.2, 0.25) is 10.0 Å². The summed E-state index contributed by atoms with van der Waals surface area (Å²) in [5.74, 6) is -0.843. The lowest BCUT2D eigenvalue weighted by Crippen LogP contribution is -2.42. The number of ether oxygens (including phenoxy) is 2. The summed E-state index contributed by atoms with van der Waals surface area (Å²) in [5.41, 5.74) is 1.37. The Morgan fingerprint density at radius 3 is 2.58 bits per heavy atom. The Hall–Kier alpha value is -2.62. The predicted octanol–water partition coefficient (Wildman–Crippen LogP) is 2.99. The van der Waals surface area contributed by atoms with Gasteiger partial charge in [0.25, 0.3) is 5.91 Å². The van der Waals surface area contributed by atoms with E-state index in [9.17, 15) is 18.0 Å². The molecular formula is C21H23ClN2O6S. The average Bonchev–Trinajstić information content (AvgIpc) is 3.23. The van der Waals surface area contributed by atoms with Crippen molar-refractivity contribution >= 4 is 39.2 Å². The van der Waals surface area contributed by atoms with Crippen LogP contribution in [0.15, 0.2) is 47.4 Å². The molecule has 8 nitrogen and oxygen atoms in total. The predicted molar refractivity (Wildman–Crippen MR) is 116 cm³/mol. The van der Waals surface area contributed by atoms with E-state index in [-0.39, 0.29) is 11.4 Å². The molecule has 31 heavy (non-hydrogen) atoms. The van der Waals surface area contributed by atoms with Crippen molar-refractivity contribution in [3.8, 4) is 5.75 Å². The average molecular weight is 467 g/mol. The van der Waals surface area contributed by atoms with Crippen LogP contribution in [-0.4, -0.2) is 50.9 Å². The topological polar surface area (TPSA) is 102 Å². The first-order valence-electron chi connectivity index (χ1n) is 9.61. The third kappa shape index (κ3) is 5.36. The third-order valence-electron chi connectivity index (χ3n) is 4.87. The number of rotatable bonds is 7. The van der Waals surface area contributed by atoms with Crippen LogP contribution in [0.5, 0.6) is 5.75 Å². The lowest BCUT2D eigenvalue weighted by atomic mass is 10.2. The van der Waals surface area contributed by atoms with Crippen LogP contribution in [0.25, 0.3) is 0 Å². The molecule has 0 spiro atoms. The van der Waals surface area contributed by atoms with Crippen molar-refractivity contribution in [3.63, 3.8) is 0 Å². The van der Waals surface area contributed by atoms with Crippen molar-refractivity contribution in [2.75, 3.05) is 25.6 Å². The molecule has 0 bridgehead atoms. The quantitative estimate of drug-likeness (QED) is 0.629. The van der Waals surface area contributed by atoms with Gasteiger partial charge >= 0.3 is 5.97 Å². The molecule has 1 saturated heterocycles. The first-order valence-corrected chi connectivity index (χ1v) is 11.4. The number of nitrogens with zero attached hydrogens (tertiary/aromatic N) is 1. The molecule has 0 saturated carbocycles. The fraction of sp³-hybridized carbons (Fsp3) is 0.333. The Balaban J connectivity index is 1.64. The van der Waals surface area contributed by atoms with Crippen molar-refractivity contribution in [2.45, 2.75) is 30.7 Å². The molecule has 0 aliphatic carbocycles. The van der Waals surface area contributed by atoms with Gasteiger partial charge in [0.1, 0.15) is 11.8 Å². The normalized spacial score (nSPS) is 16.7. The summed E-state index contributed by atoms with van der Waals surface area (Å²) in [6, 6.07) is 10.0. The summed E-state index contributed by atoms with van der Waals surface area (Å²) in [5, 5.41) is 3.05. The van der Waals surface area contributed by atoms with Crippen molar-refractivity contribution < 1.29 is 27.5 Å². The van der Waals surface area contributed by atoms with Crippen molar-refractivity contribution in [3.05, 3.63) is 53.1 Å². The van der Waals surface area contributed by atoms with Gasteiger partial charge in [-0.3, -0.25) is 9.59 Å². The number of halogens is 1. The largest absolute Gasteiger partial charge is 0.495 e. The van der Waals surface area contributed by atoms with Crippen LogP contribution in [0.4, 0.5) is 5.69 Å². The van der Waals surface area contributed by atoms with Crippen LogP contribution < -0.4 is 10.1 Å². The lowest BCUT2D eigenvalue weighted by Gasteiger charge is -2.22. The summed E-state index contributed by atoms with van der Waals surface area (Å²) in [6.45, 7) is 1.52. The minimum Gasteiger partial charge on any atom is -0.495 e. The van der Waals surface area contributed by atoms with Gasteiger partial charge in [-0.2, -0.15) is 4.31 Å². The van der Waals surface area contributed by atoms with E-state index >= 15 is 0 Å². The molecule has 2 aromatic carbocycles. The molecule has 1 fully saturated rings. The Morgan fingerprint density at radius 2 is 1.90 bits per heavy atom. The zero-order chi connectivity index (χ0) is 22.6. The van der Waals surface area contributed by atoms with Gasteiger partial charge in [0, 0.05) is 11.6 Å². The summed E-state index contributed by atoms with van der Waals surface area (Å²) in [7, 11) is -2.41. The van der Waals surface area contributed by atoms with E-state index in [1.54, 1.807) is 12.1 Å². The Morgan fingerprint density at radius 1 is 1.19 bits per heavy atom. The summed E-state index contributed by atoms with van der Waals surface area (Å²) in [4.78, 5) is 24.9. The molecule has 166 valence electrons. The van der Waals surface area contributed by atoms with Gasteiger partial charge in [0.15, 0.2) is 6.61 Å². The molecule has 10 heteroatoms. The number of hydrogen-bond donors (Lipinski definition) is 1. The zero-order valence-corrected chi connectivity index (χ0v) is 18.7. The van der Waals surface area contributed by atoms with Gasteiger partial charge in [-0.25, -0.2) is 8.42 Å². The fourth-order valence-electron chi connectivity index (χ4n) is 3.34. The number of hydrogen-bond acceptors (Lipinski definition) is 6. The van der Waals surface area contributed by atoms with Gasteiger partial charge in [0.05, 0.1) is 17.7 Å². The van der Waals surface area contributed by atoms with Crippen LogP contribution in [0.2, 0.25) is 5.02 Å². The molecule has 1 heterocycles. The van der Waals surface area contributed by atoms with Crippen LogP contribution in [0.1, 0.15) is 18.4 Å². The maximum atomic E-state index is 12.9. The molecule has 0 radical (unpaired) electrons. The highest BCUT2D eigenvalue weighted by Gasteiger charge is 2.40. The van der Waals surface area contributed by atoms with Gasteiger partial charge in [-0.15, -0.1) is 0 Å². The van der Waals surface area contributed by atoms with E-state index in [0.717, 1.165) is 9.87 Å². The van der Waals surface area contributed by atoms with Crippen molar-refractivity contribution in [2.24, 2.45) is 0 Å². The molecule has 1 aliphatic rings. The van der Waals surface area contributed by atoms with Crippen LogP contribution in [-0.2, 0) is 24.3 Å². The van der Waals surface area contributed by atoms with Crippen LogP contribution in [0, 0.1) is 6.92 Å². The third-order valence-corrected chi connectivity index (χ3v) is 7.04. The zero-order valence-electron chi connectivity index (χ0n) is 17.1. The van der Waals surface area contributed by atoms with E-state index in [1.807, 2.05) is 13.0 Å². The number of carbonyl (C=O) groups is 2. The molecule has 3 rings (SSSR count). The second-order valence-electron chi connectivity index (χ2n) is 7.09. The molecular weight excluding hydrogens is 444 g/mol. The molecule has 2 aromatic rings. The van der Waals surface area contributed by atoms with E-state index in [4.69, 9.17) is 21.1 Å². The Kier molecular flexibility index (Phi) is 7.19. The van der Waals surface area contributed by atoms with Gasteiger partial charge < -0.3 is 14.8 Å². The number of sulfonamides is 1. The smallest absolute Gasteiger partial charge is 0.324 e. The number of esters is 1. The second kappa shape index (κ2) is 9.67. The first-order chi connectivity index (χ1) is 14.7. The van der Waals surface area contributed by atoms with E-state index < -0.39 is 34.5 Å². The van der Waals surface area contributed by atoms with Gasteiger partial charge in [-0.05, 0) is 61.7 Å². The van der Waals surface area contributed by atoms with Crippen LogP contribution in [0.3, 0.4) is 0 Å². The highest BCUT2D eigenvalue weighted by Crippen LogP contribution is 2.28. The molecule has 0 unspecified atom stereocenters. The van der Waals surface area contributed by atoms with Crippen molar-refractivity contribution in [1.29, 1.82) is 0 Å². The number of anilines is 1. The molecule has 1 N–H and O–H groups in total. The number of nitrogens with one attached hydrogen (secondary N) is 1. The minimum absolute atomic E-state index is 0.0425. The molecule has 1 amide bonds. The highest BCUT2D eigenvalue weighted by atomic mass is 35.5. The summed E-state index contributed by atoms with van der Waals surface area (Å²) in [6.07, 6.45) is 0.832. The highest BCUT2D eigenvalue weighted by molar-refractivity contribution is 7.89. The van der Waals surface area contributed by atoms with Gasteiger partial charge in [-0.1, -0.05) is 17.7 Å². The monoisotopic (exact) mass is 466 g/mol. The van der Waals surface area contributed by atoms with E-state index in [1.165, 1.54) is 31.4 Å². The van der Waals surface area contributed by atoms with E-state index in [0.29, 0.717) is 29.3 Å². The second-order valence-corrected chi connectivity index (χ2v) is 9.41. The van der Waals surface area contributed by atoms with E-state index in [2.05, 4.69) is 5.32 Å². The van der Waals surface area contributed by atoms with Crippen LogP contribution >= 0.6 is 11.6 Å². The summed E-state index contributed by atoms with van der Waals surface area (Å²) < 4.78 is 37.3. The Labute approximate surface area is 186 Å². The standard InChI is InChI=1S/C21H23ClN2O6S/c1-14-5-10-19(29-2)17(12-14)23-20(25)13-30-21(26)18-4-3-11-24(18)31(27,28)16-8-6-15(22)7-9-16/h5-10,12,18H,3-4,11,13H2,1-2H3,(H,23,25)/t18-/m0/s1. The minimum atomic E-state index is -3.89. The molecule has 0 aromatic heterocycles. The number of benzene rings is 2. The maximum absolute atomic E-state index is 12.9. The number of aryl methyl sites for hydroxylation is 1.